The highest BCUT2D eigenvalue weighted by Crippen LogP contribution is 2.24. The number of aromatic nitrogens is 4. The van der Waals surface area contributed by atoms with Gasteiger partial charge in [-0.1, -0.05) is 24.3 Å². The molecule has 1 aliphatic rings. The Morgan fingerprint density at radius 1 is 0.957 bits per heavy atom. The van der Waals surface area contributed by atoms with E-state index in [9.17, 15) is 0 Å². The average Bonchev–Trinajstić information content (AvgIpc) is 2.61. The van der Waals surface area contributed by atoms with Crippen LogP contribution in [-0.4, -0.2) is 46.3 Å². The van der Waals surface area contributed by atoms with Crippen molar-refractivity contribution in [1.29, 1.82) is 0 Å². The SMILES string of the molecule is Cc1ccnc(N2CCN(c3nncc4ccccc34)CC2)n1. The van der Waals surface area contributed by atoms with E-state index in [1.165, 1.54) is 0 Å². The Hall–Kier alpha value is -2.76. The van der Waals surface area contributed by atoms with Gasteiger partial charge in [-0.15, -0.1) is 5.10 Å². The number of fused-ring (bicyclic) bond motifs is 1. The molecule has 1 aromatic carbocycles. The summed E-state index contributed by atoms with van der Waals surface area (Å²) in [6.07, 6.45) is 3.63. The van der Waals surface area contributed by atoms with Crippen molar-refractivity contribution in [3.63, 3.8) is 0 Å². The Morgan fingerprint density at radius 3 is 2.57 bits per heavy atom. The molecule has 1 fully saturated rings. The van der Waals surface area contributed by atoms with Gasteiger partial charge in [-0.2, -0.15) is 5.10 Å². The fraction of sp³-hybridized carbons (Fsp3) is 0.294. The zero-order valence-corrected chi connectivity index (χ0v) is 13.1. The molecule has 1 aliphatic heterocycles. The molecule has 1 saturated heterocycles. The molecular weight excluding hydrogens is 288 g/mol. The second-order valence-electron chi connectivity index (χ2n) is 5.73. The van der Waals surface area contributed by atoms with Gasteiger partial charge in [0.25, 0.3) is 0 Å². The number of hydrogen-bond donors (Lipinski definition) is 0. The molecule has 4 rings (SSSR count). The standard InChI is InChI=1S/C17H18N6/c1-13-6-7-18-17(20-13)23-10-8-22(9-11-23)16-15-5-3-2-4-14(15)12-19-21-16/h2-7,12H,8-11H2,1H3. The van der Waals surface area contributed by atoms with Crippen LogP contribution in [0.1, 0.15) is 5.69 Å². The Labute approximate surface area is 134 Å². The highest BCUT2D eigenvalue weighted by molar-refractivity contribution is 5.91. The largest absolute Gasteiger partial charge is 0.351 e. The number of nitrogens with zero attached hydrogens (tertiary/aromatic N) is 6. The molecule has 3 aromatic rings. The summed E-state index contributed by atoms with van der Waals surface area (Å²) in [4.78, 5) is 13.4. The van der Waals surface area contributed by atoms with Gasteiger partial charge in [-0.05, 0) is 13.0 Å². The first-order chi connectivity index (χ1) is 11.3. The number of rotatable bonds is 2. The van der Waals surface area contributed by atoms with E-state index in [2.05, 4.69) is 42.1 Å². The average molecular weight is 306 g/mol. The number of aryl methyl sites for hydroxylation is 1. The first-order valence-corrected chi connectivity index (χ1v) is 7.81. The van der Waals surface area contributed by atoms with Crippen LogP contribution in [0, 0.1) is 6.92 Å². The summed E-state index contributed by atoms with van der Waals surface area (Å²) in [5, 5.41) is 10.8. The third-order valence-electron chi connectivity index (χ3n) is 4.20. The molecule has 0 radical (unpaired) electrons. The topological polar surface area (TPSA) is 58.0 Å². The Balaban J connectivity index is 1.55. The lowest BCUT2D eigenvalue weighted by molar-refractivity contribution is 0.632. The summed E-state index contributed by atoms with van der Waals surface area (Å²) in [5.41, 5.74) is 0.998. The molecule has 0 aliphatic carbocycles. The number of hydrogen-bond acceptors (Lipinski definition) is 6. The van der Waals surface area contributed by atoms with Gasteiger partial charge in [-0.25, -0.2) is 9.97 Å². The molecule has 3 heterocycles. The molecule has 0 N–H and O–H groups in total. The maximum Gasteiger partial charge on any atom is 0.225 e. The third kappa shape index (κ3) is 2.67. The van der Waals surface area contributed by atoms with Crippen LogP contribution in [0.15, 0.2) is 42.7 Å². The zero-order valence-electron chi connectivity index (χ0n) is 13.1. The zero-order chi connectivity index (χ0) is 15.6. The summed E-state index contributed by atoms with van der Waals surface area (Å²) < 4.78 is 0. The molecule has 23 heavy (non-hydrogen) atoms. The molecule has 116 valence electrons. The van der Waals surface area contributed by atoms with Crippen molar-refractivity contribution >= 4 is 22.5 Å². The van der Waals surface area contributed by atoms with Crippen molar-refractivity contribution in [3.05, 3.63) is 48.4 Å². The lowest BCUT2D eigenvalue weighted by Crippen LogP contribution is -2.47. The maximum absolute atomic E-state index is 4.51. The van der Waals surface area contributed by atoms with E-state index in [0.29, 0.717) is 0 Å². The summed E-state index contributed by atoms with van der Waals surface area (Å²) in [5.74, 6) is 1.78. The quantitative estimate of drug-likeness (QED) is 0.722. The first kappa shape index (κ1) is 13.9. The van der Waals surface area contributed by atoms with Crippen molar-refractivity contribution < 1.29 is 0 Å². The van der Waals surface area contributed by atoms with Crippen LogP contribution < -0.4 is 9.80 Å². The van der Waals surface area contributed by atoms with Gasteiger partial charge in [0.15, 0.2) is 5.82 Å². The molecule has 0 unspecified atom stereocenters. The second-order valence-corrected chi connectivity index (χ2v) is 5.73. The smallest absolute Gasteiger partial charge is 0.225 e. The van der Waals surface area contributed by atoms with Gasteiger partial charge in [0.2, 0.25) is 5.95 Å². The summed E-state index contributed by atoms with van der Waals surface area (Å²) in [6, 6.07) is 10.2. The lowest BCUT2D eigenvalue weighted by atomic mass is 10.2. The van der Waals surface area contributed by atoms with Crippen molar-refractivity contribution in [2.24, 2.45) is 0 Å². The van der Waals surface area contributed by atoms with Crippen molar-refractivity contribution in [3.8, 4) is 0 Å². The van der Waals surface area contributed by atoms with E-state index in [-0.39, 0.29) is 0 Å². The predicted molar refractivity (Wildman–Crippen MR) is 90.7 cm³/mol. The molecule has 0 spiro atoms. The highest BCUT2D eigenvalue weighted by atomic mass is 15.3. The minimum atomic E-state index is 0.814. The summed E-state index contributed by atoms with van der Waals surface area (Å²) >= 11 is 0. The van der Waals surface area contributed by atoms with Crippen LogP contribution in [0.25, 0.3) is 10.8 Å². The molecule has 2 aromatic heterocycles. The lowest BCUT2D eigenvalue weighted by Gasteiger charge is -2.35. The van der Waals surface area contributed by atoms with E-state index in [0.717, 1.165) is 54.4 Å². The van der Waals surface area contributed by atoms with Gasteiger partial charge < -0.3 is 9.80 Å². The van der Waals surface area contributed by atoms with Crippen LogP contribution in [0.5, 0.6) is 0 Å². The van der Waals surface area contributed by atoms with Gasteiger partial charge in [0.1, 0.15) is 0 Å². The Morgan fingerprint density at radius 2 is 1.74 bits per heavy atom. The van der Waals surface area contributed by atoms with Gasteiger partial charge in [0, 0.05) is 48.8 Å². The summed E-state index contributed by atoms with van der Waals surface area (Å²) in [6.45, 7) is 5.54. The minimum Gasteiger partial charge on any atom is -0.351 e. The summed E-state index contributed by atoms with van der Waals surface area (Å²) in [7, 11) is 0. The molecule has 0 bridgehead atoms. The number of anilines is 2. The molecule has 0 saturated carbocycles. The second kappa shape index (κ2) is 5.79. The number of piperazine rings is 1. The third-order valence-corrected chi connectivity index (χ3v) is 4.20. The maximum atomic E-state index is 4.51. The van der Waals surface area contributed by atoms with Crippen molar-refractivity contribution in [2.45, 2.75) is 6.92 Å². The van der Waals surface area contributed by atoms with E-state index in [1.807, 2.05) is 37.5 Å². The van der Waals surface area contributed by atoms with Crippen LogP contribution in [0.3, 0.4) is 0 Å². The highest BCUT2D eigenvalue weighted by Gasteiger charge is 2.21. The monoisotopic (exact) mass is 306 g/mol. The van der Waals surface area contributed by atoms with E-state index >= 15 is 0 Å². The van der Waals surface area contributed by atoms with Crippen LogP contribution in [-0.2, 0) is 0 Å². The number of benzene rings is 1. The van der Waals surface area contributed by atoms with Crippen LogP contribution in [0.4, 0.5) is 11.8 Å². The van der Waals surface area contributed by atoms with Gasteiger partial charge in [0.05, 0.1) is 6.20 Å². The Kier molecular flexibility index (Phi) is 3.49. The first-order valence-electron chi connectivity index (χ1n) is 7.81. The van der Waals surface area contributed by atoms with Gasteiger partial charge in [-0.3, -0.25) is 0 Å². The van der Waals surface area contributed by atoms with Gasteiger partial charge >= 0.3 is 0 Å². The van der Waals surface area contributed by atoms with Crippen molar-refractivity contribution in [2.75, 3.05) is 36.0 Å². The molecule has 6 heteroatoms. The fourth-order valence-electron chi connectivity index (χ4n) is 2.95. The molecular formula is C17H18N6. The molecule has 6 nitrogen and oxygen atoms in total. The minimum absolute atomic E-state index is 0.814. The predicted octanol–water partition coefficient (Wildman–Crippen LogP) is 2.05. The molecule has 0 amide bonds. The van der Waals surface area contributed by atoms with Crippen molar-refractivity contribution in [1.82, 2.24) is 20.2 Å². The van der Waals surface area contributed by atoms with Crippen LogP contribution in [0.2, 0.25) is 0 Å². The molecule has 0 atom stereocenters. The fourth-order valence-corrected chi connectivity index (χ4v) is 2.95. The van der Waals surface area contributed by atoms with E-state index in [4.69, 9.17) is 0 Å². The normalized spacial score (nSPS) is 15.2. The van der Waals surface area contributed by atoms with E-state index < -0.39 is 0 Å². The van der Waals surface area contributed by atoms with Crippen LogP contribution >= 0.6 is 0 Å². The Bertz CT molecular complexity index is 821. The van der Waals surface area contributed by atoms with E-state index in [1.54, 1.807) is 0 Å².